The minimum absolute atomic E-state index is 0.0390. The predicted octanol–water partition coefficient (Wildman–Crippen LogP) is 9.06. The number of benzene rings is 4. The molecule has 13 heteroatoms. The van der Waals surface area contributed by atoms with Gasteiger partial charge in [-0.25, -0.2) is 13.6 Å². The molecule has 0 atom stereocenters. The van der Waals surface area contributed by atoms with Crippen LogP contribution in [0.2, 0.25) is 0 Å². The number of carbonyl (C=O) groups is 1. The molecule has 1 aromatic heterocycles. The van der Waals surface area contributed by atoms with Crippen LogP contribution in [0.3, 0.4) is 0 Å². The number of pyridine rings is 1. The fourth-order valence-corrected chi connectivity index (χ4v) is 6.80. The van der Waals surface area contributed by atoms with Crippen molar-refractivity contribution in [3.8, 4) is 11.1 Å². The molecule has 0 spiro atoms. The smallest absolute Gasteiger partial charge is 0.383 e. The number of amides is 1. The summed E-state index contributed by atoms with van der Waals surface area (Å²) >= 11 is 1.03. The van der Waals surface area contributed by atoms with Gasteiger partial charge >= 0.3 is 12.3 Å². The van der Waals surface area contributed by atoms with Crippen molar-refractivity contribution in [1.82, 2.24) is 14.5 Å². The van der Waals surface area contributed by atoms with E-state index in [1.165, 1.54) is 35.1 Å². The van der Waals surface area contributed by atoms with Crippen molar-refractivity contribution in [1.29, 1.82) is 0 Å². The number of rotatable bonds is 16. The third-order valence-electron chi connectivity index (χ3n) is 8.60. The zero-order valence-corrected chi connectivity index (χ0v) is 30.2. The van der Waals surface area contributed by atoms with E-state index in [-0.39, 0.29) is 28.3 Å². The zero-order valence-electron chi connectivity index (χ0n) is 29.4. The second-order valence-corrected chi connectivity index (χ2v) is 13.4. The number of carbonyl (C=O) groups excluding carboxylic acids is 1. The maximum absolute atomic E-state index is 14.5. The summed E-state index contributed by atoms with van der Waals surface area (Å²) in [6.07, 6.45) is -3.59. The minimum Gasteiger partial charge on any atom is -0.383 e. The quantitative estimate of drug-likeness (QED) is 0.0741. The summed E-state index contributed by atoms with van der Waals surface area (Å²) in [6, 6.07) is 23.9. The van der Waals surface area contributed by atoms with Gasteiger partial charge in [0, 0.05) is 49.5 Å². The molecule has 53 heavy (non-hydrogen) atoms. The van der Waals surface area contributed by atoms with Crippen LogP contribution >= 0.6 is 11.8 Å². The molecule has 0 aliphatic rings. The molecule has 0 saturated heterocycles. The van der Waals surface area contributed by atoms with Gasteiger partial charge in [-0.2, -0.15) is 17.9 Å². The zero-order chi connectivity index (χ0) is 38.0. The molecule has 280 valence electrons. The number of aromatic nitrogens is 1. The van der Waals surface area contributed by atoms with Crippen molar-refractivity contribution in [2.75, 3.05) is 39.9 Å². The average Bonchev–Trinajstić information content (AvgIpc) is 3.15. The molecular formula is C40H40F5N3O4S. The summed E-state index contributed by atoms with van der Waals surface area (Å²) in [5.74, 6) is -2.03. The summed E-state index contributed by atoms with van der Waals surface area (Å²) < 4.78 is 74.3. The number of alkyl halides is 3. The average molecular weight is 754 g/mol. The van der Waals surface area contributed by atoms with E-state index in [0.29, 0.717) is 48.1 Å². The molecule has 1 amide bonds. The number of para-hydroxylation sites is 1. The van der Waals surface area contributed by atoms with E-state index in [9.17, 15) is 31.5 Å². The number of halogens is 5. The standard InChI is InChI=1S/C40H40F5N3O4S/c1-3-20-46(23-24-51-2)21-7-22-47(26-28-12-14-29(15-13-28)30-16-18-32(19-17-30)40(43,44)45)39(50)52-48-35-11-5-4-9-33(35)36(49)25-37(48)53-27-31-8-6-10-34(41)38(31)42/h4-6,8-19,25H,3,7,20-24,26-27H2,1-2H3. The minimum atomic E-state index is -4.43. The van der Waals surface area contributed by atoms with Gasteiger partial charge in [-0.1, -0.05) is 79.3 Å². The molecule has 0 unspecified atom stereocenters. The first-order valence-electron chi connectivity index (χ1n) is 17.1. The molecule has 0 N–H and O–H groups in total. The van der Waals surface area contributed by atoms with Gasteiger partial charge in [-0.3, -0.25) is 4.79 Å². The van der Waals surface area contributed by atoms with Gasteiger partial charge in [0.2, 0.25) is 0 Å². The van der Waals surface area contributed by atoms with Crippen LogP contribution in [-0.4, -0.2) is 60.5 Å². The number of fused-ring (bicyclic) bond motifs is 1. The van der Waals surface area contributed by atoms with E-state index in [2.05, 4.69) is 11.8 Å². The first-order valence-corrected chi connectivity index (χ1v) is 18.1. The second-order valence-electron chi connectivity index (χ2n) is 12.4. The third kappa shape index (κ3) is 10.5. The largest absolute Gasteiger partial charge is 0.434 e. The van der Waals surface area contributed by atoms with Crippen molar-refractivity contribution in [3.05, 3.63) is 136 Å². The third-order valence-corrected chi connectivity index (χ3v) is 9.64. The van der Waals surface area contributed by atoms with Gasteiger partial charge in [0.15, 0.2) is 17.1 Å². The number of ether oxygens (including phenoxy) is 1. The first-order chi connectivity index (χ1) is 25.5. The molecule has 0 radical (unpaired) electrons. The van der Waals surface area contributed by atoms with Gasteiger partial charge in [-0.15, -0.1) is 0 Å². The van der Waals surface area contributed by atoms with E-state index in [4.69, 9.17) is 9.57 Å². The lowest BCUT2D eigenvalue weighted by Gasteiger charge is -2.26. The van der Waals surface area contributed by atoms with E-state index in [1.807, 2.05) is 0 Å². The maximum Gasteiger partial charge on any atom is 0.434 e. The summed E-state index contributed by atoms with van der Waals surface area (Å²) in [7, 11) is 1.65. The highest BCUT2D eigenvalue weighted by Gasteiger charge is 2.30. The summed E-state index contributed by atoms with van der Waals surface area (Å²) in [5, 5.41) is 0.528. The van der Waals surface area contributed by atoms with Crippen LogP contribution in [-0.2, 0) is 23.2 Å². The molecular weight excluding hydrogens is 714 g/mol. The van der Waals surface area contributed by atoms with Crippen LogP contribution < -0.4 is 10.3 Å². The summed E-state index contributed by atoms with van der Waals surface area (Å²) in [5.41, 5.74) is 1.42. The number of thioether (sulfide) groups is 1. The number of hydrogen-bond acceptors (Lipinski definition) is 6. The Morgan fingerprint density at radius 1 is 0.849 bits per heavy atom. The number of hydrogen-bond donors (Lipinski definition) is 0. The molecule has 0 bridgehead atoms. The Bertz CT molecular complexity index is 2040. The van der Waals surface area contributed by atoms with Gasteiger partial charge < -0.3 is 19.4 Å². The van der Waals surface area contributed by atoms with Crippen molar-refractivity contribution in [2.24, 2.45) is 0 Å². The van der Waals surface area contributed by atoms with Gasteiger partial charge in [0.25, 0.3) is 0 Å². The molecule has 1 heterocycles. The van der Waals surface area contributed by atoms with Crippen LogP contribution in [0.25, 0.3) is 22.0 Å². The Morgan fingerprint density at radius 3 is 2.23 bits per heavy atom. The Balaban J connectivity index is 1.41. The molecule has 4 aromatic carbocycles. The van der Waals surface area contributed by atoms with Crippen LogP contribution in [0.15, 0.2) is 107 Å². The maximum atomic E-state index is 14.5. The molecule has 5 aromatic rings. The molecule has 0 fully saturated rings. The fraction of sp³-hybridized carbons (Fsp3) is 0.300. The van der Waals surface area contributed by atoms with Crippen molar-refractivity contribution < 1.29 is 36.3 Å². The Morgan fingerprint density at radius 2 is 1.55 bits per heavy atom. The Hall–Kier alpha value is -4.72. The molecule has 0 aliphatic heterocycles. The van der Waals surface area contributed by atoms with E-state index in [1.54, 1.807) is 60.5 Å². The van der Waals surface area contributed by atoms with Crippen molar-refractivity contribution in [3.63, 3.8) is 0 Å². The normalized spacial score (nSPS) is 11.7. The monoisotopic (exact) mass is 753 g/mol. The summed E-state index contributed by atoms with van der Waals surface area (Å²) in [4.78, 5) is 37.0. The van der Waals surface area contributed by atoms with E-state index in [0.717, 1.165) is 55.0 Å². The van der Waals surface area contributed by atoms with Crippen molar-refractivity contribution in [2.45, 2.75) is 43.3 Å². The molecule has 0 saturated carbocycles. The van der Waals surface area contributed by atoms with Crippen LogP contribution in [0.5, 0.6) is 0 Å². The SMILES string of the molecule is CCCN(CCCN(Cc1ccc(-c2ccc(C(F)(F)F)cc2)cc1)C(=O)On1c(SCc2cccc(F)c2F)cc(=O)c2ccccc21)CCOC. The highest BCUT2D eigenvalue weighted by molar-refractivity contribution is 7.98. The molecule has 0 aliphatic carbocycles. The molecule has 5 rings (SSSR count). The fourth-order valence-electron chi connectivity index (χ4n) is 5.83. The summed E-state index contributed by atoms with van der Waals surface area (Å²) in [6.45, 7) is 5.39. The van der Waals surface area contributed by atoms with Crippen LogP contribution in [0.1, 0.15) is 36.5 Å². The lowest BCUT2D eigenvalue weighted by atomic mass is 10.0. The van der Waals surface area contributed by atoms with Gasteiger partial charge in [0.1, 0.15) is 5.03 Å². The highest BCUT2D eigenvalue weighted by Crippen LogP contribution is 2.31. The van der Waals surface area contributed by atoms with Gasteiger partial charge in [0.05, 0.1) is 17.7 Å². The second kappa shape index (κ2) is 18.4. The highest BCUT2D eigenvalue weighted by atomic mass is 32.2. The lowest BCUT2D eigenvalue weighted by Crippen LogP contribution is -2.39. The van der Waals surface area contributed by atoms with Crippen LogP contribution in [0, 0.1) is 11.6 Å². The van der Waals surface area contributed by atoms with E-state index >= 15 is 0 Å². The molecule has 7 nitrogen and oxygen atoms in total. The van der Waals surface area contributed by atoms with Crippen molar-refractivity contribution >= 4 is 28.8 Å². The predicted molar refractivity (Wildman–Crippen MR) is 197 cm³/mol. The first kappa shape index (κ1) is 39.5. The number of methoxy groups -OCH3 is 1. The topological polar surface area (TPSA) is 64.0 Å². The number of nitrogens with zero attached hydrogens (tertiary/aromatic N) is 3. The van der Waals surface area contributed by atoms with Crippen LogP contribution in [0.4, 0.5) is 26.7 Å². The lowest BCUT2D eigenvalue weighted by molar-refractivity contribution is -0.137. The Kier molecular flexibility index (Phi) is 13.7. The Labute approximate surface area is 308 Å². The van der Waals surface area contributed by atoms with E-state index < -0.39 is 29.5 Å². The van der Waals surface area contributed by atoms with Gasteiger partial charge in [-0.05, 0) is 73.0 Å².